The van der Waals surface area contributed by atoms with Crippen LogP contribution in [0.1, 0.15) is 125 Å². The molecule has 390 valence electrons. The van der Waals surface area contributed by atoms with Gasteiger partial charge in [0.15, 0.2) is 5.78 Å². The SMILES string of the molecule is CO[C@H]1C[C@@H]2CC[C@@H](C)[C@@](O)(O2)C(=O)C(=O)N2CCCC[C@H]2C(=O)O[C@H]([C@H](C)C[C@@H]2CCC(n3cnnn3)[C@H](OC)C2)CC(=O)[C@H](C)/C=C(\C)[C@@H](O)[C@@H](OC)C(=O)[C@H](C)CC(CO)/C=C/C=C/C=C/1C. The van der Waals surface area contributed by atoms with E-state index in [1.165, 1.54) is 12.0 Å². The molecule has 3 aliphatic heterocycles. The minimum absolute atomic E-state index is 0.0620. The van der Waals surface area contributed by atoms with E-state index in [1.807, 2.05) is 26.0 Å². The van der Waals surface area contributed by atoms with Gasteiger partial charge in [-0.15, -0.1) is 5.10 Å². The summed E-state index contributed by atoms with van der Waals surface area (Å²) >= 11 is 0. The summed E-state index contributed by atoms with van der Waals surface area (Å²) in [6, 6.07) is -1.22. The fourth-order valence-electron chi connectivity index (χ4n) is 10.7. The van der Waals surface area contributed by atoms with E-state index < -0.39 is 77.8 Å². The van der Waals surface area contributed by atoms with Gasteiger partial charge in [-0.1, -0.05) is 64.2 Å². The highest BCUT2D eigenvalue weighted by Crippen LogP contribution is 2.39. The lowest BCUT2D eigenvalue weighted by atomic mass is 9.77. The van der Waals surface area contributed by atoms with Gasteiger partial charge in [0, 0.05) is 71.0 Å². The number of ketones is 3. The molecule has 3 N–H and O–H groups in total. The quantitative estimate of drug-likeness (QED) is 0.176. The van der Waals surface area contributed by atoms with Crippen molar-refractivity contribution in [1.82, 2.24) is 25.1 Å². The van der Waals surface area contributed by atoms with E-state index in [9.17, 15) is 39.3 Å². The van der Waals surface area contributed by atoms with Gasteiger partial charge in [0.25, 0.3) is 11.7 Å². The number of amides is 1. The normalized spacial score (nSPS) is 38.4. The number of fused-ring (bicyclic) bond motifs is 3. The number of cyclic esters (lactones) is 1. The Labute approximate surface area is 413 Å². The van der Waals surface area contributed by atoms with Crippen LogP contribution in [0.15, 0.2) is 53.9 Å². The Balaban J connectivity index is 1.47. The Hall–Kier alpha value is -4.30. The van der Waals surface area contributed by atoms with E-state index in [1.54, 1.807) is 77.2 Å². The second kappa shape index (κ2) is 26.4. The minimum atomic E-state index is -2.45. The van der Waals surface area contributed by atoms with E-state index in [4.69, 9.17) is 23.7 Å². The molecule has 1 aromatic heterocycles. The number of rotatable bonds is 8. The molecule has 5 rings (SSSR count). The molecule has 1 saturated carbocycles. The summed E-state index contributed by atoms with van der Waals surface area (Å²) in [4.78, 5) is 72.4. The van der Waals surface area contributed by atoms with Crippen LogP contribution >= 0.6 is 0 Å². The summed E-state index contributed by atoms with van der Waals surface area (Å²) in [5, 5.41) is 45.4. The number of methoxy groups -OCH3 is 3. The monoisotopic (exact) mass is 982 g/mol. The molecule has 15 atom stereocenters. The predicted octanol–water partition coefficient (Wildman–Crippen LogP) is 5.02. The number of aliphatic hydroxyl groups is 3. The van der Waals surface area contributed by atoms with Crippen molar-refractivity contribution in [2.75, 3.05) is 34.5 Å². The number of Topliss-reactive ketones (excluding diaryl/α,β-unsaturated/α-hetero) is 3. The number of tetrazole rings is 1. The van der Waals surface area contributed by atoms with Crippen LogP contribution in [0.25, 0.3) is 0 Å². The minimum Gasteiger partial charge on any atom is -0.460 e. The van der Waals surface area contributed by atoms with Gasteiger partial charge in [-0.2, -0.15) is 0 Å². The Morgan fingerprint density at radius 1 is 0.900 bits per heavy atom. The molecule has 4 aliphatic rings. The number of esters is 1. The van der Waals surface area contributed by atoms with E-state index in [-0.39, 0.29) is 80.3 Å². The molecule has 2 unspecified atom stereocenters. The van der Waals surface area contributed by atoms with Gasteiger partial charge in [-0.25, -0.2) is 9.48 Å². The molecule has 3 fully saturated rings. The number of carbonyl (C=O) groups is 5. The smallest absolute Gasteiger partial charge is 0.329 e. The lowest BCUT2D eigenvalue weighted by Crippen LogP contribution is -2.61. The van der Waals surface area contributed by atoms with Crippen molar-refractivity contribution < 1.29 is 63.0 Å². The lowest BCUT2D eigenvalue weighted by Gasteiger charge is -2.42. The molecule has 70 heavy (non-hydrogen) atoms. The molecule has 2 saturated heterocycles. The van der Waals surface area contributed by atoms with Crippen molar-refractivity contribution in [2.24, 2.45) is 35.5 Å². The molecule has 0 aromatic carbocycles. The maximum absolute atomic E-state index is 14.5. The Kier molecular flexibility index (Phi) is 21.4. The van der Waals surface area contributed by atoms with Crippen molar-refractivity contribution in [1.29, 1.82) is 0 Å². The average molecular weight is 982 g/mol. The molecular formula is C52H79N5O13. The van der Waals surface area contributed by atoms with Crippen molar-refractivity contribution in [3.8, 4) is 0 Å². The Morgan fingerprint density at radius 3 is 2.33 bits per heavy atom. The van der Waals surface area contributed by atoms with Gasteiger partial charge in [-0.3, -0.25) is 19.2 Å². The number of aromatic nitrogens is 4. The summed E-state index contributed by atoms with van der Waals surface area (Å²) in [5.41, 5.74) is 1.18. The highest BCUT2D eigenvalue weighted by molar-refractivity contribution is 6.39. The van der Waals surface area contributed by atoms with Crippen LogP contribution in [0, 0.1) is 35.5 Å². The second-order valence-electron chi connectivity index (χ2n) is 20.3. The fraction of sp³-hybridized carbons (Fsp3) is 0.731. The van der Waals surface area contributed by atoms with Gasteiger partial charge in [0.1, 0.15) is 36.5 Å². The molecule has 18 heteroatoms. The first-order chi connectivity index (χ1) is 33.4. The van der Waals surface area contributed by atoms with Crippen LogP contribution in [0.4, 0.5) is 0 Å². The first kappa shape index (κ1) is 56.6. The number of nitrogens with zero attached hydrogens (tertiary/aromatic N) is 5. The Bertz CT molecular complexity index is 2040. The summed E-state index contributed by atoms with van der Waals surface area (Å²) in [7, 11) is 4.55. The maximum Gasteiger partial charge on any atom is 0.329 e. The summed E-state index contributed by atoms with van der Waals surface area (Å²) in [6.07, 6.45) is 12.7. The largest absolute Gasteiger partial charge is 0.460 e. The summed E-state index contributed by atoms with van der Waals surface area (Å²) in [6.45, 7) is 10.4. The highest BCUT2D eigenvalue weighted by Gasteiger charge is 2.53. The molecular weight excluding hydrogens is 903 g/mol. The summed E-state index contributed by atoms with van der Waals surface area (Å²) in [5.74, 6) is -8.75. The third-order valence-corrected chi connectivity index (χ3v) is 15.3. The number of hydrogen-bond donors (Lipinski definition) is 3. The van der Waals surface area contributed by atoms with E-state index >= 15 is 0 Å². The molecule has 1 aromatic rings. The van der Waals surface area contributed by atoms with E-state index in [0.717, 1.165) is 18.4 Å². The first-order valence-corrected chi connectivity index (χ1v) is 25.2. The number of allylic oxidation sites excluding steroid dienone is 5. The lowest BCUT2D eigenvalue weighted by molar-refractivity contribution is -0.265. The molecule has 1 amide bonds. The highest BCUT2D eigenvalue weighted by atomic mass is 16.6. The molecule has 2 bridgehead atoms. The molecule has 1 aliphatic carbocycles. The topological polar surface area (TPSA) is 239 Å². The average Bonchev–Trinajstić information content (AvgIpc) is 3.90. The van der Waals surface area contributed by atoms with Crippen molar-refractivity contribution in [2.45, 2.75) is 173 Å². The van der Waals surface area contributed by atoms with Gasteiger partial charge in [0.05, 0.1) is 24.4 Å². The zero-order chi connectivity index (χ0) is 51.3. The standard InChI is InChI=1S/C52H79N5O13/c1-31-15-11-10-12-16-38(29-58)25-35(5)47(61)48(68-9)46(60)34(4)23-32(2)42(59)28-44(33(3)24-37-19-21-40(45(26-37)67-8)57-30-53-54-55-57)69-51(64)41-17-13-14-22-56(41)50(63)49(62)52(65)36(6)18-20-39(70-52)27-43(31)66-7/h10-12,15-16,23,30,32-33,35-41,43-46,48,58,60,65H,13-14,17-22,24-29H2,1-9H3/b11-10+,16-12+,31-15+,34-23+/t32-,33-,35-,36-,37+,38?,39+,40?,41+,43+,44+,45-,46-,48-,52-/m1/s1. The van der Waals surface area contributed by atoms with Gasteiger partial charge in [-0.05, 0) is 111 Å². The van der Waals surface area contributed by atoms with Crippen molar-refractivity contribution in [3.05, 3.63) is 53.9 Å². The van der Waals surface area contributed by atoms with Crippen molar-refractivity contribution >= 4 is 29.2 Å². The third kappa shape index (κ3) is 14.2. The van der Waals surface area contributed by atoms with Crippen LogP contribution in [-0.2, 0) is 47.7 Å². The van der Waals surface area contributed by atoms with Gasteiger partial charge in [0.2, 0.25) is 5.79 Å². The number of ether oxygens (including phenoxy) is 5. The van der Waals surface area contributed by atoms with Crippen LogP contribution in [0.2, 0.25) is 0 Å². The fourth-order valence-corrected chi connectivity index (χ4v) is 10.7. The van der Waals surface area contributed by atoms with Crippen LogP contribution in [-0.4, -0.2) is 153 Å². The zero-order valence-electron chi connectivity index (χ0n) is 42.7. The van der Waals surface area contributed by atoms with Crippen LogP contribution < -0.4 is 0 Å². The van der Waals surface area contributed by atoms with Crippen molar-refractivity contribution in [3.63, 3.8) is 0 Å². The number of carbonyl (C=O) groups excluding carboxylic acids is 5. The number of hydrogen-bond acceptors (Lipinski definition) is 16. The predicted molar refractivity (Wildman–Crippen MR) is 257 cm³/mol. The van der Waals surface area contributed by atoms with Crippen LogP contribution in [0.5, 0.6) is 0 Å². The number of piperidine rings is 1. The van der Waals surface area contributed by atoms with E-state index in [2.05, 4.69) is 15.5 Å². The summed E-state index contributed by atoms with van der Waals surface area (Å²) < 4.78 is 31.5. The zero-order valence-corrected chi connectivity index (χ0v) is 42.7. The van der Waals surface area contributed by atoms with Gasteiger partial charge < -0.3 is 43.9 Å². The maximum atomic E-state index is 14.5. The Morgan fingerprint density at radius 2 is 1.66 bits per heavy atom. The molecule has 0 radical (unpaired) electrons. The van der Waals surface area contributed by atoms with Crippen LogP contribution in [0.3, 0.4) is 0 Å². The first-order valence-electron chi connectivity index (χ1n) is 25.2. The number of aliphatic hydroxyl groups excluding tert-OH is 2. The molecule has 4 heterocycles. The van der Waals surface area contributed by atoms with E-state index in [0.29, 0.717) is 44.1 Å². The van der Waals surface area contributed by atoms with Gasteiger partial charge >= 0.3 is 5.97 Å². The molecule has 18 nitrogen and oxygen atoms in total. The second-order valence-corrected chi connectivity index (χ2v) is 20.3. The third-order valence-electron chi connectivity index (χ3n) is 15.3. The molecule has 0 spiro atoms.